The fourth-order valence-corrected chi connectivity index (χ4v) is 1.30. The second-order valence-corrected chi connectivity index (χ2v) is 4.15. The minimum Gasteiger partial charge on any atom is -0.303 e. The highest BCUT2D eigenvalue weighted by Crippen LogP contribution is 2.35. The van der Waals surface area contributed by atoms with Crippen molar-refractivity contribution in [2.24, 2.45) is 0 Å². The summed E-state index contributed by atoms with van der Waals surface area (Å²) in [4.78, 5) is 16.4. The van der Waals surface area contributed by atoms with E-state index in [1.807, 2.05) is 6.92 Å². The first-order chi connectivity index (χ1) is 4.56. The van der Waals surface area contributed by atoms with Gasteiger partial charge in [0.2, 0.25) is 0 Å². The molecule has 0 amide bonds. The Morgan fingerprint density at radius 2 is 2.20 bits per heavy atom. The monoisotopic (exact) mass is 186 g/mol. The van der Waals surface area contributed by atoms with Gasteiger partial charge in [-0.3, -0.25) is 4.52 Å². The molecular weight excluding hydrogens is 175 g/mol. The van der Waals surface area contributed by atoms with Gasteiger partial charge in [-0.2, -0.15) is 11.8 Å². The van der Waals surface area contributed by atoms with Crippen LogP contribution in [0.4, 0.5) is 0 Å². The van der Waals surface area contributed by atoms with Gasteiger partial charge in [0.15, 0.2) is 0 Å². The molecule has 0 aliphatic rings. The molecule has 0 aromatic heterocycles. The largest absolute Gasteiger partial charge is 0.469 e. The molecule has 0 aliphatic carbocycles. The zero-order chi connectivity index (χ0) is 8.04. The van der Waals surface area contributed by atoms with Gasteiger partial charge in [0.25, 0.3) is 0 Å². The van der Waals surface area contributed by atoms with Crippen LogP contribution in [-0.2, 0) is 9.09 Å². The minimum absolute atomic E-state index is 0.114. The molecule has 0 radical (unpaired) electrons. The van der Waals surface area contributed by atoms with Crippen molar-refractivity contribution in [3.8, 4) is 0 Å². The highest BCUT2D eigenvalue weighted by Gasteiger charge is 2.11. The van der Waals surface area contributed by atoms with Gasteiger partial charge in [0.1, 0.15) is 0 Å². The maximum absolute atomic E-state index is 10.1. The van der Waals surface area contributed by atoms with E-state index in [2.05, 4.69) is 4.52 Å². The van der Waals surface area contributed by atoms with Crippen LogP contribution in [0.1, 0.15) is 6.92 Å². The lowest BCUT2D eigenvalue weighted by Gasteiger charge is -2.02. The molecule has 62 valence electrons. The SMILES string of the molecule is CCSCCOP(=O)(O)O. The van der Waals surface area contributed by atoms with Crippen LogP contribution >= 0.6 is 19.6 Å². The van der Waals surface area contributed by atoms with Crippen molar-refractivity contribution in [1.29, 1.82) is 0 Å². The molecule has 0 saturated heterocycles. The smallest absolute Gasteiger partial charge is 0.303 e. The van der Waals surface area contributed by atoms with Crippen molar-refractivity contribution in [2.75, 3.05) is 18.1 Å². The average molecular weight is 186 g/mol. The standard InChI is InChI=1S/C4H11O4PS/c1-2-10-4-3-8-9(5,6)7/h2-4H2,1H3,(H2,5,6,7). The van der Waals surface area contributed by atoms with E-state index in [4.69, 9.17) is 9.79 Å². The average Bonchev–Trinajstić information content (AvgIpc) is 1.78. The van der Waals surface area contributed by atoms with Crippen LogP contribution in [0, 0.1) is 0 Å². The van der Waals surface area contributed by atoms with Crippen molar-refractivity contribution >= 4 is 19.6 Å². The number of phosphoric acid groups is 1. The normalized spacial score (nSPS) is 11.9. The molecule has 0 spiro atoms. The van der Waals surface area contributed by atoms with E-state index in [0.717, 1.165) is 5.75 Å². The summed E-state index contributed by atoms with van der Waals surface area (Å²) in [6, 6.07) is 0. The van der Waals surface area contributed by atoms with Crippen molar-refractivity contribution in [2.45, 2.75) is 6.92 Å². The molecule has 0 aliphatic heterocycles. The van der Waals surface area contributed by atoms with E-state index in [1.54, 1.807) is 11.8 Å². The molecule has 0 aromatic carbocycles. The highest BCUT2D eigenvalue weighted by atomic mass is 32.2. The third-order valence-corrected chi connectivity index (χ3v) is 2.07. The fraction of sp³-hybridized carbons (Fsp3) is 1.00. The molecule has 0 unspecified atom stereocenters. The molecule has 2 N–H and O–H groups in total. The van der Waals surface area contributed by atoms with Crippen LogP contribution in [0.25, 0.3) is 0 Å². The summed E-state index contributed by atoms with van der Waals surface area (Å²) in [6.45, 7) is 2.09. The Morgan fingerprint density at radius 1 is 1.60 bits per heavy atom. The summed E-state index contributed by atoms with van der Waals surface area (Å²) in [6.07, 6.45) is 0. The number of phosphoric ester groups is 1. The third-order valence-electron chi connectivity index (χ3n) is 0.691. The van der Waals surface area contributed by atoms with Crippen molar-refractivity contribution in [3.63, 3.8) is 0 Å². The van der Waals surface area contributed by atoms with Crippen molar-refractivity contribution < 1.29 is 18.9 Å². The summed E-state index contributed by atoms with van der Waals surface area (Å²) >= 11 is 1.58. The molecule has 0 saturated carbocycles. The number of hydrogen-bond donors (Lipinski definition) is 2. The molecule has 0 atom stereocenters. The Morgan fingerprint density at radius 3 is 2.60 bits per heavy atom. The molecule has 0 heterocycles. The predicted octanol–water partition coefficient (Wildman–Crippen LogP) is 0.849. The van der Waals surface area contributed by atoms with Crippen LogP contribution in [0.2, 0.25) is 0 Å². The Bertz CT molecular complexity index is 122. The Hall–Kier alpha value is 0.460. The summed E-state index contributed by atoms with van der Waals surface area (Å²) < 4.78 is 14.2. The fourth-order valence-electron chi connectivity index (χ4n) is 0.359. The second kappa shape index (κ2) is 5.16. The number of thioether (sulfide) groups is 1. The lowest BCUT2D eigenvalue weighted by Crippen LogP contribution is -1.94. The molecule has 0 bridgehead atoms. The molecule has 6 heteroatoms. The summed E-state index contributed by atoms with van der Waals surface area (Å²) in [5.41, 5.74) is 0. The van der Waals surface area contributed by atoms with Crippen LogP contribution in [0.15, 0.2) is 0 Å². The molecule has 10 heavy (non-hydrogen) atoms. The predicted molar refractivity (Wildman–Crippen MR) is 41.0 cm³/mol. The first-order valence-electron chi connectivity index (χ1n) is 2.84. The maximum Gasteiger partial charge on any atom is 0.469 e. The summed E-state index contributed by atoms with van der Waals surface area (Å²) in [5, 5.41) is 0. The lowest BCUT2D eigenvalue weighted by molar-refractivity contribution is 0.208. The summed E-state index contributed by atoms with van der Waals surface area (Å²) in [7, 11) is -4.22. The van der Waals surface area contributed by atoms with E-state index in [1.165, 1.54) is 0 Å². The van der Waals surface area contributed by atoms with E-state index in [0.29, 0.717) is 5.75 Å². The molecular formula is C4H11O4PS. The Labute approximate surface area is 64.2 Å². The second-order valence-electron chi connectivity index (χ2n) is 1.52. The van der Waals surface area contributed by atoms with Crippen LogP contribution < -0.4 is 0 Å². The van der Waals surface area contributed by atoms with Crippen LogP contribution in [0.5, 0.6) is 0 Å². The third kappa shape index (κ3) is 8.46. The Kier molecular flexibility index (Phi) is 5.39. The van der Waals surface area contributed by atoms with Gasteiger partial charge in [-0.25, -0.2) is 4.57 Å². The number of hydrogen-bond acceptors (Lipinski definition) is 3. The molecule has 0 fully saturated rings. The van der Waals surface area contributed by atoms with E-state index in [-0.39, 0.29) is 6.61 Å². The molecule has 0 rings (SSSR count). The molecule has 0 aromatic rings. The van der Waals surface area contributed by atoms with E-state index < -0.39 is 7.82 Å². The van der Waals surface area contributed by atoms with Gasteiger partial charge in [-0.05, 0) is 5.75 Å². The van der Waals surface area contributed by atoms with Crippen molar-refractivity contribution in [1.82, 2.24) is 0 Å². The highest BCUT2D eigenvalue weighted by molar-refractivity contribution is 7.99. The van der Waals surface area contributed by atoms with Gasteiger partial charge in [0, 0.05) is 5.75 Å². The van der Waals surface area contributed by atoms with Crippen LogP contribution in [0.3, 0.4) is 0 Å². The van der Waals surface area contributed by atoms with Crippen molar-refractivity contribution in [3.05, 3.63) is 0 Å². The zero-order valence-electron chi connectivity index (χ0n) is 5.69. The Balaban J connectivity index is 3.13. The van der Waals surface area contributed by atoms with Gasteiger partial charge in [-0.1, -0.05) is 6.92 Å². The van der Waals surface area contributed by atoms with Gasteiger partial charge in [0.05, 0.1) is 6.61 Å². The van der Waals surface area contributed by atoms with E-state index in [9.17, 15) is 4.57 Å². The quantitative estimate of drug-likeness (QED) is 0.492. The van der Waals surface area contributed by atoms with Gasteiger partial charge < -0.3 is 9.79 Å². The van der Waals surface area contributed by atoms with Gasteiger partial charge >= 0.3 is 7.82 Å². The van der Waals surface area contributed by atoms with Gasteiger partial charge in [-0.15, -0.1) is 0 Å². The number of rotatable bonds is 5. The topological polar surface area (TPSA) is 66.8 Å². The van der Waals surface area contributed by atoms with Crippen LogP contribution in [-0.4, -0.2) is 27.9 Å². The van der Waals surface area contributed by atoms with E-state index >= 15 is 0 Å². The zero-order valence-corrected chi connectivity index (χ0v) is 7.40. The lowest BCUT2D eigenvalue weighted by atomic mass is 10.9. The first-order valence-corrected chi connectivity index (χ1v) is 5.52. The molecule has 4 nitrogen and oxygen atoms in total. The summed E-state index contributed by atoms with van der Waals surface area (Å²) in [5.74, 6) is 1.56. The maximum atomic E-state index is 10.1. The first kappa shape index (κ1) is 10.5. The minimum atomic E-state index is -4.22.